The Labute approximate surface area is 586 Å². The summed E-state index contributed by atoms with van der Waals surface area (Å²) >= 11 is 0. The van der Waals surface area contributed by atoms with Crippen molar-refractivity contribution in [3.05, 3.63) is 197 Å². The molecule has 8 aliphatic heterocycles. The van der Waals surface area contributed by atoms with E-state index in [9.17, 15) is 4.79 Å². The maximum atomic E-state index is 12.4. The zero-order valence-corrected chi connectivity index (χ0v) is 59.1. The minimum absolute atomic E-state index is 0.0286. The van der Waals surface area contributed by atoms with Crippen molar-refractivity contribution < 1.29 is 19.0 Å². The Bertz CT molecular complexity index is 4400. The van der Waals surface area contributed by atoms with E-state index in [4.69, 9.17) is 14.2 Å². The summed E-state index contributed by atoms with van der Waals surface area (Å²) in [6.07, 6.45) is 57.7. The molecule has 6 bridgehead atoms. The van der Waals surface area contributed by atoms with E-state index in [2.05, 4.69) is 155 Å². The second-order valence-electron chi connectivity index (χ2n) is 35.9. The third kappa shape index (κ3) is 8.81. The summed E-state index contributed by atoms with van der Waals surface area (Å²) in [7, 11) is 0. The maximum absolute atomic E-state index is 12.4. The fourth-order valence-electron chi connectivity index (χ4n) is 26.6. The Morgan fingerprint density at radius 2 is 0.778 bits per heavy atom. The van der Waals surface area contributed by atoms with Gasteiger partial charge in [0.15, 0.2) is 0 Å². The van der Waals surface area contributed by atoms with Gasteiger partial charge in [-0.25, -0.2) is 0 Å². The number of fused-ring (bicyclic) bond motifs is 6. The number of allylic oxidation sites excluding steroid dienone is 3. The Kier molecular flexibility index (Phi) is 13.6. The zero-order valence-electron chi connectivity index (χ0n) is 59.1. The largest absolute Gasteiger partial charge is 0.359 e. The Hall–Kier alpha value is -6.20. The van der Waals surface area contributed by atoms with Gasteiger partial charge < -0.3 is 24.0 Å². The number of Topliss-reactive ketones (excluding diaryl/α,β-unsaturated/α-hetero) is 1. The molecule has 6 aromatic rings. The molecule has 0 amide bonds. The van der Waals surface area contributed by atoms with E-state index in [0.29, 0.717) is 54.1 Å². The lowest BCUT2D eigenvalue weighted by Crippen LogP contribution is -2.56. The number of ketones is 1. The molecular weight excluding hydrogens is 1220 g/mol. The molecule has 9 nitrogen and oxygen atoms in total. The number of hydrogen-bond donors (Lipinski definition) is 0. The lowest BCUT2D eigenvalue weighted by molar-refractivity contribution is -0.146. The summed E-state index contributed by atoms with van der Waals surface area (Å²) in [6.45, 7) is 12.9. The van der Waals surface area contributed by atoms with Gasteiger partial charge in [-0.2, -0.15) is 0 Å². The van der Waals surface area contributed by atoms with Crippen LogP contribution in [0.1, 0.15) is 222 Å². The number of carbonyl (C=O) groups excluding carboxylic acids is 1. The van der Waals surface area contributed by atoms with Gasteiger partial charge >= 0.3 is 0 Å². The number of carbonyl (C=O) groups is 1. The van der Waals surface area contributed by atoms with E-state index >= 15 is 0 Å². The van der Waals surface area contributed by atoms with E-state index < -0.39 is 0 Å². The predicted octanol–water partition coefficient (Wildman–Crippen LogP) is 19.1. The standard InChI is InChI=1S/2C31H36N2O.C28H29NO2/c2*1-29-11-9-25-18-24-5-6-26(33-15-2-16-33)19-30(24)12-13-31(25,34-30)28(29)8-7-27(29)22-4-3-21-10-14-32-20-23(21)17-22;1-26-10-8-22-15-21-4-5-23(30)16-27(21)11-12-28(22,31-27)25(26)7-6-24(26)19-3-2-18-9-13-29-17-20(18)14-19/h2*3-4,9-10,14,17-18,20,26-28H,2,5-8,11-13,15-16,19H2,1H3;2-3,8-9,13-15,17,24-25H,4-7,10-12,16H2,1H3/t26-,27?,28+,29+,30+,31?;26-,27?,28-,29-,30-,31?;24?,25-,26-,27-,28?/m011/s1. The minimum Gasteiger partial charge on any atom is -0.359 e. The van der Waals surface area contributed by atoms with E-state index in [1.807, 2.05) is 37.2 Å². The van der Waals surface area contributed by atoms with Gasteiger partial charge in [0.1, 0.15) is 5.78 Å². The molecule has 510 valence electrons. The van der Waals surface area contributed by atoms with Crippen molar-refractivity contribution in [3.8, 4) is 0 Å². The highest BCUT2D eigenvalue weighted by atomic mass is 16.5. The molecule has 9 aliphatic carbocycles. The molecule has 3 aromatic carbocycles. The smallest absolute Gasteiger partial charge is 0.136 e. The monoisotopic (exact) mass is 1320 g/mol. The Morgan fingerprint density at radius 3 is 1.16 bits per heavy atom. The van der Waals surface area contributed by atoms with Crippen molar-refractivity contribution in [2.45, 2.75) is 251 Å². The first-order valence-corrected chi connectivity index (χ1v) is 39.6. The highest BCUT2D eigenvalue weighted by Crippen LogP contribution is 2.73. The first-order valence-electron chi connectivity index (χ1n) is 39.6. The number of ether oxygens (including phenoxy) is 3. The lowest BCUT2D eigenvalue weighted by Gasteiger charge is -2.55. The molecule has 9 heteroatoms. The molecule has 6 saturated carbocycles. The molecule has 11 heterocycles. The van der Waals surface area contributed by atoms with Crippen LogP contribution in [-0.4, -0.2) is 102 Å². The van der Waals surface area contributed by atoms with Gasteiger partial charge in [0.05, 0.1) is 33.6 Å². The summed E-state index contributed by atoms with van der Waals surface area (Å²) in [4.78, 5) is 31.0. The molecule has 17 aliphatic rings. The van der Waals surface area contributed by atoms with E-state index in [1.165, 1.54) is 215 Å². The van der Waals surface area contributed by atoms with Gasteiger partial charge in [-0.1, -0.05) is 93.6 Å². The number of aromatic nitrogens is 3. The summed E-state index contributed by atoms with van der Waals surface area (Å²) in [5.41, 5.74) is 13.9. The van der Waals surface area contributed by atoms with Gasteiger partial charge in [0.25, 0.3) is 0 Å². The third-order valence-electron chi connectivity index (χ3n) is 31.8. The predicted molar refractivity (Wildman–Crippen MR) is 392 cm³/mol. The highest BCUT2D eigenvalue weighted by molar-refractivity contribution is 5.85. The number of pyridine rings is 3. The summed E-state index contributed by atoms with van der Waals surface area (Å²) in [6, 6.07) is 29.0. The summed E-state index contributed by atoms with van der Waals surface area (Å²) in [5, 5.41) is 7.64. The van der Waals surface area contributed by atoms with Crippen LogP contribution in [0.3, 0.4) is 0 Å². The maximum Gasteiger partial charge on any atom is 0.136 e. The van der Waals surface area contributed by atoms with Crippen LogP contribution in [-0.2, 0) is 19.0 Å². The van der Waals surface area contributed by atoms with Crippen molar-refractivity contribution in [1.29, 1.82) is 0 Å². The van der Waals surface area contributed by atoms with E-state index in [0.717, 1.165) is 37.8 Å². The van der Waals surface area contributed by atoms with Crippen LogP contribution in [0.15, 0.2) is 180 Å². The molecule has 23 rings (SSSR count). The minimum atomic E-state index is -0.294. The van der Waals surface area contributed by atoms with Gasteiger partial charge in [0, 0.05) is 78.3 Å². The number of benzene rings is 3. The number of hydrogen-bond acceptors (Lipinski definition) is 9. The Morgan fingerprint density at radius 1 is 0.404 bits per heavy atom. The molecule has 0 radical (unpaired) electrons. The van der Waals surface area contributed by atoms with E-state index in [-0.39, 0.29) is 49.9 Å². The highest BCUT2D eigenvalue weighted by Gasteiger charge is 2.70. The normalized spacial score (nSPS) is 42.2. The SMILES string of the molecule is C[C@]12CC=C3C=C4CCC(=O)C[C@]45CCC3(O5)[C@@H]1CCC2c1ccc2ccncc2c1.C[C@]12CC=C3C=C4CC[C@@H](N5CCC5)C[C@]45CCC3(O5)[C@@H]1CCC2c1ccc2ccncc2c1.C[C@]12CC=C3C=C4CC[C@H](N5CCC5)C[C@]45CCC3(O5)[C@@H]1CCC2c1ccc2ccncc2c1. The topological polar surface area (TPSA) is 89.9 Å². The van der Waals surface area contributed by atoms with E-state index in [1.54, 1.807) is 22.3 Å². The lowest BCUT2D eigenvalue weighted by atomic mass is 9.58. The first kappa shape index (κ1) is 61.5. The van der Waals surface area contributed by atoms with Crippen LogP contribution in [0.5, 0.6) is 0 Å². The van der Waals surface area contributed by atoms with Crippen LogP contribution in [0.25, 0.3) is 32.3 Å². The summed E-state index contributed by atoms with van der Waals surface area (Å²) in [5.74, 6) is 3.87. The molecule has 6 spiro atoms. The van der Waals surface area contributed by atoms with Crippen LogP contribution < -0.4 is 0 Å². The van der Waals surface area contributed by atoms with Gasteiger partial charge in [-0.3, -0.25) is 19.7 Å². The second kappa shape index (κ2) is 21.9. The molecule has 11 fully saturated rings. The average molecular weight is 1320 g/mol. The van der Waals surface area contributed by atoms with Crippen molar-refractivity contribution >= 4 is 38.1 Å². The quantitative estimate of drug-likeness (QED) is 0.167. The molecule has 5 saturated heterocycles. The second-order valence-corrected chi connectivity index (χ2v) is 35.9. The molecule has 3 aromatic heterocycles. The fourth-order valence-corrected chi connectivity index (χ4v) is 26.6. The van der Waals surface area contributed by atoms with Crippen molar-refractivity contribution in [2.75, 3.05) is 26.2 Å². The Balaban J connectivity index is 0.0000000977. The third-order valence-corrected chi connectivity index (χ3v) is 31.8. The molecular formula is C90H101N5O4. The number of likely N-dealkylation sites (tertiary alicyclic amines) is 2. The molecule has 0 N–H and O–H groups in total. The van der Waals surface area contributed by atoms with Crippen LogP contribution in [0.4, 0.5) is 0 Å². The molecule has 6 unspecified atom stereocenters. The van der Waals surface area contributed by atoms with Gasteiger partial charge in [-0.05, 0) is 335 Å². The van der Waals surface area contributed by atoms with Crippen molar-refractivity contribution in [3.63, 3.8) is 0 Å². The van der Waals surface area contributed by atoms with Crippen molar-refractivity contribution in [2.24, 2.45) is 34.0 Å². The van der Waals surface area contributed by atoms with Crippen LogP contribution in [0, 0.1) is 34.0 Å². The fraction of sp³-hybridized carbons (Fsp3) is 0.556. The van der Waals surface area contributed by atoms with Crippen LogP contribution in [0.2, 0.25) is 0 Å². The first-order chi connectivity index (χ1) is 48.2. The van der Waals surface area contributed by atoms with Gasteiger partial charge in [-0.15, -0.1) is 0 Å². The molecule has 99 heavy (non-hydrogen) atoms. The van der Waals surface area contributed by atoms with Crippen LogP contribution >= 0.6 is 0 Å². The zero-order chi connectivity index (χ0) is 65.9. The van der Waals surface area contributed by atoms with Crippen molar-refractivity contribution in [1.82, 2.24) is 24.8 Å². The number of nitrogens with zero attached hydrogens (tertiary/aromatic N) is 5. The number of rotatable bonds is 5. The molecule has 17 atom stereocenters. The summed E-state index contributed by atoms with van der Waals surface area (Å²) < 4.78 is 22.1. The average Bonchev–Trinajstić information content (AvgIpc) is 1.57. The van der Waals surface area contributed by atoms with Gasteiger partial charge in [0.2, 0.25) is 0 Å².